The zero-order valence-corrected chi connectivity index (χ0v) is 10.6. The van der Waals surface area contributed by atoms with Crippen LogP contribution in [0.2, 0.25) is 0 Å². The third kappa shape index (κ3) is 3.21. The molecule has 1 saturated carbocycles. The highest BCUT2D eigenvalue weighted by molar-refractivity contribution is 5.95. The topological polar surface area (TPSA) is 98.3 Å². The van der Waals surface area contributed by atoms with Crippen LogP contribution in [0.5, 0.6) is 0 Å². The van der Waals surface area contributed by atoms with Gasteiger partial charge in [0.15, 0.2) is 0 Å². The molecule has 1 amide bonds. The number of rotatable bonds is 3. The molecule has 1 fully saturated rings. The number of carbonyl (C=O) groups is 1. The van der Waals surface area contributed by atoms with E-state index < -0.39 is 4.92 Å². The quantitative estimate of drug-likeness (QED) is 0.496. The van der Waals surface area contributed by atoms with E-state index in [1.807, 2.05) is 0 Å². The summed E-state index contributed by atoms with van der Waals surface area (Å²) in [6, 6.07) is 4.27. The Labute approximate surface area is 111 Å². The van der Waals surface area contributed by atoms with E-state index in [0.29, 0.717) is 5.56 Å². The van der Waals surface area contributed by atoms with Gasteiger partial charge in [-0.05, 0) is 25.0 Å². The predicted molar refractivity (Wildman–Crippen MR) is 71.8 cm³/mol. The molecule has 1 aliphatic carbocycles. The maximum atomic E-state index is 12.0. The van der Waals surface area contributed by atoms with E-state index in [4.69, 9.17) is 5.73 Å². The highest BCUT2D eigenvalue weighted by Gasteiger charge is 2.18. The zero-order valence-electron chi connectivity index (χ0n) is 10.6. The fraction of sp³-hybridized carbons (Fsp3) is 0.462. The lowest BCUT2D eigenvalue weighted by atomic mass is 9.95. The van der Waals surface area contributed by atoms with Gasteiger partial charge in [0.2, 0.25) is 0 Å². The molecule has 0 atom stereocenters. The predicted octanol–water partition coefficient (Wildman–Crippen LogP) is 2.24. The van der Waals surface area contributed by atoms with Crippen LogP contribution in [-0.4, -0.2) is 16.9 Å². The van der Waals surface area contributed by atoms with Crippen molar-refractivity contribution in [1.29, 1.82) is 0 Å². The van der Waals surface area contributed by atoms with Gasteiger partial charge in [0.05, 0.1) is 4.92 Å². The summed E-state index contributed by atoms with van der Waals surface area (Å²) in [5.74, 6) is -0.214. The van der Waals surface area contributed by atoms with Gasteiger partial charge in [0.25, 0.3) is 11.6 Å². The van der Waals surface area contributed by atoms with Crippen LogP contribution in [0.1, 0.15) is 42.5 Å². The molecule has 1 aromatic carbocycles. The molecule has 102 valence electrons. The molecule has 6 heteroatoms. The number of hydrogen-bond donors (Lipinski definition) is 2. The number of nitro groups is 1. The Balaban J connectivity index is 2.06. The van der Waals surface area contributed by atoms with Gasteiger partial charge in [-0.2, -0.15) is 0 Å². The molecule has 2 rings (SSSR count). The van der Waals surface area contributed by atoms with Crippen molar-refractivity contribution < 1.29 is 9.72 Å². The second-order valence-corrected chi connectivity index (χ2v) is 4.84. The molecule has 0 spiro atoms. The third-order valence-electron chi connectivity index (χ3n) is 3.43. The summed E-state index contributed by atoms with van der Waals surface area (Å²) < 4.78 is 0. The molecule has 6 nitrogen and oxygen atoms in total. The molecule has 0 aromatic heterocycles. The molecular formula is C13H17N3O3. The summed E-state index contributed by atoms with van der Waals surface area (Å²) in [6.45, 7) is 0. The molecule has 0 radical (unpaired) electrons. The highest BCUT2D eigenvalue weighted by Crippen LogP contribution is 2.23. The number of nitrogens with two attached hydrogens (primary N) is 1. The largest absolute Gasteiger partial charge is 0.393 e. The van der Waals surface area contributed by atoms with Crippen LogP contribution >= 0.6 is 0 Å². The summed E-state index contributed by atoms with van der Waals surface area (Å²) in [5, 5.41) is 13.6. The number of nitrogen functional groups attached to an aromatic ring is 1. The maximum absolute atomic E-state index is 12.0. The second kappa shape index (κ2) is 5.69. The average molecular weight is 263 g/mol. The van der Waals surface area contributed by atoms with Crippen LogP contribution in [0.15, 0.2) is 18.2 Å². The van der Waals surface area contributed by atoms with Crippen LogP contribution in [0.4, 0.5) is 11.4 Å². The molecule has 0 unspecified atom stereocenters. The SMILES string of the molecule is Nc1cc(C(=O)NC2CCCCC2)ccc1[N+](=O)[O-]. The Hall–Kier alpha value is -2.11. The van der Waals surface area contributed by atoms with Crippen molar-refractivity contribution >= 4 is 17.3 Å². The molecule has 0 heterocycles. The maximum Gasteiger partial charge on any atom is 0.292 e. The number of benzene rings is 1. The smallest absolute Gasteiger partial charge is 0.292 e. The molecule has 1 aliphatic rings. The molecule has 0 saturated heterocycles. The number of carbonyl (C=O) groups excluding carboxylic acids is 1. The van der Waals surface area contributed by atoms with Crippen molar-refractivity contribution in [2.45, 2.75) is 38.1 Å². The van der Waals surface area contributed by atoms with E-state index in [1.165, 1.54) is 24.6 Å². The number of hydrogen-bond acceptors (Lipinski definition) is 4. The summed E-state index contributed by atoms with van der Waals surface area (Å²) in [4.78, 5) is 22.1. The minimum absolute atomic E-state index is 0.0151. The lowest BCUT2D eigenvalue weighted by Crippen LogP contribution is -2.36. The van der Waals surface area contributed by atoms with Crippen LogP contribution in [0.3, 0.4) is 0 Å². The lowest BCUT2D eigenvalue weighted by molar-refractivity contribution is -0.383. The first-order chi connectivity index (χ1) is 9.08. The van der Waals surface area contributed by atoms with E-state index in [-0.39, 0.29) is 23.3 Å². The van der Waals surface area contributed by atoms with Crippen molar-refractivity contribution in [2.75, 3.05) is 5.73 Å². The van der Waals surface area contributed by atoms with Gasteiger partial charge >= 0.3 is 0 Å². The second-order valence-electron chi connectivity index (χ2n) is 4.84. The number of nitrogens with zero attached hydrogens (tertiary/aromatic N) is 1. The summed E-state index contributed by atoms with van der Waals surface area (Å²) >= 11 is 0. The summed E-state index contributed by atoms with van der Waals surface area (Å²) in [7, 11) is 0. The Morgan fingerprint density at radius 3 is 2.58 bits per heavy atom. The minimum Gasteiger partial charge on any atom is -0.393 e. The van der Waals surface area contributed by atoms with Gasteiger partial charge in [0.1, 0.15) is 5.69 Å². The van der Waals surface area contributed by atoms with Gasteiger partial charge in [-0.15, -0.1) is 0 Å². The van der Waals surface area contributed by atoms with Gasteiger partial charge in [-0.1, -0.05) is 19.3 Å². The summed E-state index contributed by atoms with van der Waals surface area (Å²) in [5.41, 5.74) is 5.78. The number of nitrogens with one attached hydrogen (secondary N) is 1. The van der Waals surface area contributed by atoms with Crippen molar-refractivity contribution in [3.8, 4) is 0 Å². The average Bonchev–Trinajstić information content (AvgIpc) is 2.39. The van der Waals surface area contributed by atoms with E-state index in [9.17, 15) is 14.9 Å². The Kier molecular flexibility index (Phi) is 3.99. The van der Waals surface area contributed by atoms with Crippen LogP contribution in [-0.2, 0) is 0 Å². The first-order valence-electron chi connectivity index (χ1n) is 6.42. The standard InChI is InChI=1S/C13H17N3O3/c14-11-8-9(6-7-12(11)16(18)19)13(17)15-10-4-2-1-3-5-10/h6-8,10H,1-5,14H2,(H,15,17). The minimum atomic E-state index is -0.557. The van der Waals surface area contributed by atoms with Gasteiger partial charge < -0.3 is 11.1 Å². The third-order valence-corrected chi connectivity index (χ3v) is 3.43. The normalized spacial score (nSPS) is 16.0. The van der Waals surface area contributed by atoms with E-state index in [0.717, 1.165) is 25.7 Å². The van der Waals surface area contributed by atoms with E-state index >= 15 is 0 Å². The number of amides is 1. The fourth-order valence-electron chi connectivity index (χ4n) is 2.38. The Morgan fingerprint density at radius 2 is 2.00 bits per heavy atom. The van der Waals surface area contributed by atoms with Crippen LogP contribution < -0.4 is 11.1 Å². The van der Waals surface area contributed by atoms with Crippen molar-refractivity contribution in [2.24, 2.45) is 0 Å². The van der Waals surface area contributed by atoms with Gasteiger partial charge in [0, 0.05) is 17.7 Å². The highest BCUT2D eigenvalue weighted by atomic mass is 16.6. The van der Waals surface area contributed by atoms with E-state index in [2.05, 4.69) is 5.32 Å². The van der Waals surface area contributed by atoms with E-state index in [1.54, 1.807) is 0 Å². The molecule has 0 aliphatic heterocycles. The van der Waals surface area contributed by atoms with Gasteiger partial charge in [-0.3, -0.25) is 14.9 Å². The van der Waals surface area contributed by atoms with Crippen LogP contribution in [0, 0.1) is 10.1 Å². The first kappa shape index (κ1) is 13.3. The van der Waals surface area contributed by atoms with Crippen LogP contribution in [0.25, 0.3) is 0 Å². The van der Waals surface area contributed by atoms with Gasteiger partial charge in [-0.25, -0.2) is 0 Å². The lowest BCUT2D eigenvalue weighted by Gasteiger charge is -2.22. The number of anilines is 1. The molecule has 19 heavy (non-hydrogen) atoms. The summed E-state index contributed by atoms with van der Waals surface area (Å²) in [6.07, 6.45) is 5.47. The molecule has 1 aromatic rings. The zero-order chi connectivity index (χ0) is 13.8. The van der Waals surface area contributed by atoms with Crippen molar-refractivity contribution in [1.82, 2.24) is 5.32 Å². The Morgan fingerprint density at radius 1 is 1.32 bits per heavy atom. The molecule has 3 N–H and O–H groups in total. The molecular weight excluding hydrogens is 246 g/mol. The Bertz CT molecular complexity index is 496. The number of nitro benzene ring substituents is 1. The van der Waals surface area contributed by atoms with Crippen molar-refractivity contribution in [3.63, 3.8) is 0 Å². The molecule has 0 bridgehead atoms. The van der Waals surface area contributed by atoms with Crippen molar-refractivity contribution in [3.05, 3.63) is 33.9 Å². The first-order valence-corrected chi connectivity index (χ1v) is 6.42. The fourth-order valence-corrected chi connectivity index (χ4v) is 2.38. The monoisotopic (exact) mass is 263 g/mol.